The van der Waals surface area contributed by atoms with Crippen LogP contribution in [0.5, 0.6) is 17.2 Å². The summed E-state index contributed by atoms with van der Waals surface area (Å²) >= 11 is 0. The molecule has 8 nitrogen and oxygen atoms in total. The van der Waals surface area contributed by atoms with Gasteiger partial charge < -0.3 is 23.6 Å². The summed E-state index contributed by atoms with van der Waals surface area (Å²) in [5, 5.41) is 4.10. The van der Waals surface area contributed by atoms with Gasteiger partial charge in [0.25, 0.3) is 0 Å². The van der Waals surface area contributed by atoms with Gasteiger partial charge in [-0.15, -0.1) is 0 Å². The van der Waals surface area contributed by atoms with Crippen molar-refractivity contribution in [1.29, 1.82) is 0 Å². The van der Waals surface area contributed by atoms with Crippen molar-refractivity contribution in [2.75, 3.05) is 25.7 Å². The molecule has 0 N–H and O–H groups in total. The summed E-state index contributed by atoms with van der Waals surface area (Å²) in [5.74, 6) is 2.73. The van der Waals surface area contributed by atoms with Crippen LogP contribution in [0.25, 0.3) is 11.4 Å². The van der Waals surface area contributed by atoms with Crippen LogP contribution in [0.2, 0.25) is 0 Å². The van der Waals surface area contributed by atoms with E-state index in [0.29, 0.717) is 36.2 Å². The Kier molecular flexibility index (Phi) is 5.79. The van der Waals surface area contributed by atoms with E-state index in [1.54, 1.807) is 31.3 Å². The zero-order chi connectivity index (χ0) is 22.0. The number of carbonyl (C=O) groups excluding carboxylic acids is 1. The summed E-state index contributed by atoms with van der Waals surface area (Å²) < 4.78 is 21.8. The molecule has 0 bridgehead atoms. The zero-order valence-electron chi connectivity index (χ0n) is 18.0. The first-order chi connectivity index (χ1) is 15.0. The molecule has 0 aliphatic carbocycles. The molecule has 162 valence electrons. The molecular weight excluding hydrogens is 398 g/mol. The number of amides is 1. The van der Waals surface area contributed by atoms with Crippen LogP contribution in [-0.4, -0.2) is 42.9 Å². The van der Waals surface area contributed by atoms with E-state index >= 15 is 0 Å². The van der Waals surface area contributed by atoms with Crippen LogP contribution in [0.1, 0.15) is 32.1 Å². The lowest BCUT2D eigenvalue weighted by Crippen LogP contribution is -2.24. The van der Waals surface area contributed by atoms with E-state index < -0.39 is 0 Å². The molecule has 1 saturated heterocycles. The zero-order valence-corrected chi connectivity index (χ0v) is 18.0. The average Bonchev–Trinajstić information content (AvgIpc) is 3.40. The van der Waals surface area contributed by atoms with Gasteiger partial charge in [0.2, 0.25) is 17.6 Å². The first-order valence-electron chi connectivity index (χ1n) is 10.1. The molecule has 0 radical (unpaired) electrons. The third kappa shape index (κ3) is 4.33. The Morgan fingerprint density at radius 1 is 1.06 bits per heavy atom. The van der Waals surface area contributed by atoms with E-state index in [1.807, 2.05) is 44.2 Å². The van der Waals surface area contributed by atoms with Gasteiger partial charge in [-0.2, -0.15) is 4.98 Å². The molecule has 1 unspecified atom stereocenters. The monoisotopic (exact) mass is 423 g/mol. The van der Waals surface area contributed by atoms with Crippen molar-refractivity contribution in [2.45, 2.75) is 32.3 Å². The number of carbonyl (C=O) groups is 1. The molecule has 1 atom stereocenters. The van der Waals surface area contributed by atoms with Gasteiger partial charge in [0, 0.05) is 30.3 Å². The van der Waals surface area contributed by atoms with Crippen molar-refractivity contribution in [3.05, 3.63) is 48.4 Å². The summed E-state index contributed by atoms with van der Waals surface area (Å²) in [7, 11) is 3.14. The van der Waals surface area contributed by atoms with E-state index in [9.17, 15) is 4.79 Å². The third-order valence-electron chi connectivity index (χ3n) is 5.08. The van der Waals surface area contributed by atoms with Crippen LogP contribution in [0.15, 0.2) is 47.0 Å². The van der Waals surface area contributed by atoms with Gasteiger partial charge in [0.15, 0.2) is 11.5 Å². The molecule has 4 rings (SSSR count). The smallest absolute Gasteiger partial charge is 0.232 e. The number of nitrogens with zero attached hydrogens (tertiary/aromatic N) is 3. The van der Waals surface area contributed by atoms with E-state index in [1.165, 1.54) is 0 Å². The predicted molar refractivity (Wildman–Crippen MR) is 115 cm³/mol. The van der Waals surface area contributed by atoms with Crippen LogP contribution in [0.4, 0.5) is 5.69 Å². The highest BCUT2D eigenvalue weighted by Gasteiger charge is 2.35. The summed E-state index contributed by atoms with van der Waals surface area (Å²) in [6.07, 6.45) is 0.410. The van der Waals surface area contributed by atoms with Gasteiger partial charge in [0.1, 0.15) is 5.75 Å². The van der Waals surface area contributed by atoms with Crippen LogP contribution in [0.3, 0.4) is 0 Å². The normalized spacial score (nSPS) is 16.1. The average molecular weight is 423 g/mol. The standard InChI is InChI=1S/C23H25N3O5/c1-14(2)30-18-8-5-15(6-9-18)22-24-23(31-25-22)16-11-21(27)26(13-16)17-7-10-19(28-3)20(12-17)29-4/h5-10,12,14,16H,11,13H2,1-4H3. The Morgan fingerprint density at radius 2 is 1.81 bits per heavy atom. The van der Waals surface area contributed by atoms with Crippen LogP contribution >= 0.6 is 0 Å². The fraction of sp³-hybridized carbons (Fsp3) is 0.348. The molecule has 1 fully saturated rings. The molecule has 31 heavy (non-hydrogen) atoms. The second-order valence-electron chi connectivity index (χ2n) is 7.59. The highest BCUT2D eigenvalue weighted by molar-refractivity contribution is 5.96. The Bertz CT molecular complexity index is 1060. The molecule has 0 spiro atoms. The second-order valence-corrected chi connectivity index (χ2v) is 7.59. The number of hydrogen-bond acceptors (Lipinski definition) is 7. The topological polar surface area (TPSA) is 86.9 Å². The minimum atomic E-state index is -0.176. The summed E-state index contributed by atoms with van der Waals surface area (Å²) in [6.45, 7) is 4.41. The second kappa shape index (κ2) is 8.67. The number of ether oxygens (including phenoxy) is 3. The number of anilines is 1. The van der Waals surface area contributed by atoms with Crippen molar-refractivity contribution in [3.8, 4) is 28.6 Å². The Labute approximate surface area is 180 Å². The van der Waals surface area contributed by atoms with Crippen LogP contribution < -0.4 is 19.1 Å². The van der Waals surface area contributed by atoms with Crippen LogP contribution in [-0.2, 0) is 4.79 Å². The molecule has 0 saturated carbocycles. The molecule has 1 aromatic heterocycles. The molecule has 2 aromatic carbocycles. The van der Waals surface area contributed by atoms with Crippen molar-refractivity contribution in [1.82, 2.24) is 10.1 Å². The van der Waals surface area contributed by atoms with Gasteiger partial charge in [0.05, 0.1) is 26.2 Å². The van der Waals surface area contributed by atoms with E-state index in [0.717, 1.165) is 17.0 Å². The Hall–Kier alpha value is -3.55. The summed E-state index contributed by atoms with van der Waals surface area (Å²) in [5.41, 5.74) is 1.57. The SMILES string of the molecule is COc1ccc(N2CC(c3nc(-c4ccc(OC(C)C)cc4)no3)CC2=O)cc1OC. The molecule has 2 heterocycles. The maximum absolute atomic E-state index is 12.7. The largest absolute Gasteiger partial charge is 0.493 e. The maximum Gasteiger partial charge on any atom is 0.232 e. The summed E-state index contributed by atoms with van der Waals surface area (Å²) in [4.78, 5) is 18.9. The number of benzene rings is 2. The molecular formula is C23H25N3O5. The number of aromatic nitrogens is 2. The van der Waals surface area contributed by atoms with E-state index in [4.69, 9.17) is 18.7 Å². The van der Waals surface area contributed by atoms with Crippen molar-refractivity contribution >= 4 is 11.6 Å². The fourth-order valence-electron chi connectivity index (χ4n) is 3.59. The van der Waals surface area contributed by atoms with Gasteiger partial charge in [-0.1, -0.05) is 5.16 Å². The maximum atomic E-state index is 12.7. The van der Waals surface area contributed by atoms with Crippen LogP contribution in [0, 0.1) is 0 Å². The van der Waals surface area contributed by atoms with Gasteiger partial charge in [-0.3, -0.25) is 4.79 Å². The van der Waals surface area contributed by atoms with Gasteiger partial charge in [-0.05, 0) is 50.2 Å². The molecule has 1 aliphatic rings. The van der Waals surface area contributed by atoms with Gasteiger partial charge in [-0.25, -0.2) is 0 Å². The lowest BCUT2D eigenvalue weighted by Gasteiger charge is -2.18. The highest BCUT2D eigenvalue weighted by atomic mass is 16.5. The molecule has 8 heteroatoms. The van der Waals surface area contributed by atoms with E-state index in [-0.39, 0.29) is 17.9 Å². The minimum Gasteiger partial charge on any atom is -0.493 e. The first kappa shape index (κ1) is 20.7. The van der Waals surface area contributed by atoms with E-state index in [2.05, 4.69) is 10.1 Å². The number of hydrogen-bond donors (Lipinski definition) is 0. The summed E-state index contributed by atoms with van der Waals surface area (Å²) in [6, 6.07) is 12.9. The number of rotatable bonds is 7. The van der Waals surface area contributed by atoms with Crippen molar-refractivity contribution in [2.24, 2.45) is 0 Å². The molecule has 1 aliphatic heterocycles. The Balaban J connectivity index is 1.49. The number of methoxy groups -OCH3 is 2. The first-order valence-corrected chi connectivity index (χ1v) is 10.1. The highest BCUT2D eigenvalue weighted by Crippen LogP contribution is 2.36. The fourth-order valence-corrected chi connectivity index (χ4v) is 3.59. The van der Waals surface area contributed by atoms with Gasteiger partial charge >= 0.3 is 0 Å². The predicted octanol–water partition coefficient (Wildman–Crippen LogP) is 4.06. The third-order valence-corrected chi connectivity index (χ3v) is 5.08. The van der Waals surface area contributed by atoms with Crippen molar-refractivity contribution < 1.29 is 23.5 Å². The quantitative estimate of drug-likeness (QED) is 0.566. The molecule has 3 aromatic rings. The Morgan fingerprint density at radius 3 is 2.48 bits per heavy atom. The minimum absolute atomic E-state index is 0.00726. The van der Waals surface area contributed by atoms with Crippen molar-refractivity contribution in [3.63, 3.8) is 0 Å². The lowest BCUT2D eigenvalue weighted by atomic mass is 10.1. The molecule has 1 amide bonds. The lowest BCUT2D eigenvalue weighted by molar-refractivity contribution is -0.117.